The zero-order valence-electron chi connectivity index (χ0n) is 16.2. The highest BCUT2D eigenvalue weighted by Crippen LogP contribution is 2.29. The van der Waals surface area contributed by atoms with Gasteiger partial charge in [-0.2, -0.15) is 0 Å². The zero-order valence-corrected chi connectivity index (χ0v) is 16.2. The van der Waals surface area contributed by atoms with E-state index < -0.39 is 36.5 Å². The quantitative estimate of drug-likeness (QED) is 0.608. The van der Waals surface area contributed by atoms with Crippen molar-refractivity contribution in [2.45, 2.75) is 25.5 Å². The fourth-order valence-electron chi connectivity index (χ4n) is 3.15. The molecule has 1 aliphatic heterocycles. The van der Waals surface area contributed by atoms with Crippen LogP contribution < -0.4 is 15.4 Å². The van der Waals surface area contributed by atoms with Crippen LogP contribution in [0.25, 0.3) is 11.0 Å². The van der Waals surface area contributed by atoms with Crippen LogP contribution in [0.1, 0.15) is 25.1 Å². The fourth-order valence-corrected chi connectivity index (χ4v) is 3.15. The van der Waals surface area contributed by atoms with Crippen molar-refractivity contribution in [2.24, 2.45) is 0 Å². The lowest BCUT2D eigenvalue weighted by atomic mass is 10.1. The third-order valence-corrected chi connectivity index (χ3v) is 4.67. The summed E-state index contributed by atoms with van der Waals surface area (Å²) in [5.41, 5.74) is 1.28. The highest BCUT2D eigenvalue weighted by atomic mass is 16.5. The summed E-state index contributed by atoms with van der Waals surface area (Å²) >= 11 is 0. The SMILES string of the molecule is C[C@H](NC(=O)COC(=O)C[C@H]1Oc2ccccc2NC1=O)c1cc2ccccc2o1. The van der Waals surface area contributed by atoms with Crippen LogP contribution >= 0.6 is 0 Å². The van der Waals surface area contributed by atoms with E-state index in [1.54, 1.807) is 31.2 Å². The first-order valence-corrected chi connectivity index (χ1v) is 9.49. The van der Waals surface area contributed by atoms with Gasteiger partial charge in [0, 0.05) is 5.39 Å². The summed E-state index contributed by atoms with van der Waals surface area (Å²) in [4.78, 5) is 36.3. The second kappa shape index (κ2) is 8.28. The molecule has 2 N–H and O–H groups in total. The normalized spacial score (nSPS) is 16.2. The number of para-hydroxylation sites is 3. The molecule has 2 aromatic carbocycles. The van der Waals surface area contributed by atoms with E-state index in [-0.39, 0.29) is 6.42 Å². The molecule has 1 aromatic heterocycles. The molecule has 8 heteroatoms. The molecule has 0 fully saturated rings. The van der Waals surface area contributed by atoms with Crippen LogP contribution in [0, 0.1) is 0 Å². The Labute approximate surface area is 172 Å². The number of hydrogen-bond donors (Lipinski definition) is 2. The minimum absolute atomic E-state index is 0.299. The Morgan fingerprint density at radius 2 is 1.93 bits per heavy atom. The Balaban J connectivity index is 1.26. The summed E-state index contributed by atoms with van der Waals surface area (Å²) in [7, 11) is 0. The van der Waals surface area contributed by atoms with Gasteiger partial charge in [-0.05, 0) is 31.2 Å². The molecule has 0 spiro atoms. The van der Waals surface area contributed by atoms with Gasteiger partial charge in [0.25, 0.3) is 11.8 Å². The standard InChI is InChI=1S/C22H20N2O6/c1-13(18-10-14-6-2-4-8-16(14)29-18)23-20(25)12-28-21(26)11-19-22(27)24-15-7-3-5-9-17(15)30-19/h2-10,13,19H,11-12H2,1H3,(H,23,25)(H,24,27)/t13-,19+/m0/s1. The van der Waals surface area contributed by atoms with Gasteiger partial charge in [0.2, 0.25) is 0 Å². The molecule has 1 aliphatic rings. The second-order valence-electron chi connectivity index (χ2n) is 6.93. The van der Waals surface area contributed by atoms with Crippen molar-refractivity contribution in [3.63, 3.8) is 0 Å². The highest BCUT2D eigenvalue weighted by Gasteiger charge is 2.30. The van der Waals surface area contributed by atoms with Gasteiger partial charge >= 0.3 is 5.97 Å². The van der Waals surface area contributed by atoms with Gasteiger partial charge in [0.15, 0.2) is 12.7 Å². The molecule has 0 saturated heterocycles. The van der Waals surface area contributed by atoms with Crippen LogP contribution in [-0.2, 0) is 19.1 Å². The zero-order chi connectivity index (χ0) is 21.1. The maximum atomic E-state index is 12.1. The number of furan rings is 1. The van der Waals surface area contributed by atoms with Crippen LogP contribution in [-0.4, -0.2) is 30.5 Å². The molecule has 0 aliphatic carbocycles. The van der Waals surface area contributed by atoms with Crippen molar-refractivity contribution in [3.8, 4) is 5.75 Å². The summed E-state index contributed by atoms with van der Waals surface area (Å²) in [6.45, 7) is 1.31. The van der Waals surface area contributed by atoms with Crippen molar-refractivity contribution in [1.82, 2.24) is 5.32 Å². The number of ether oxygens (including phenoxy) is 2. The van der Waals surface area contributed by atoms with E-state index in [0.29, 0.717) is 17.2 Å². The summed E-state index contributed by atoms with van der Waals surface area (Å²) in [5.74, 6) is -0.542. The van der Waals surface area contributed by atoms with Crippen LogP contribution in [0.4, 0.5) is 5.69 Å². The first-order chi connectivity index (χ1) is 14.5. The largest absolute Gasteiger partial charge is 0.478 e. The van der Waals surface area contributed by atoms with Crippen LogP contribution in [0.15, 0.2) is 59.0 Å². The highest BCUT2D eigenvalue weighted by molar-refractivity contribution is 5.99. The minimum atomic E-state index is -1.01. The van der Waals surface area contributed by atoms with Gasteiger partial charge in [-0.15, -0.1) is 0 Å². The molecule has 30 heavy (non-hydrogen) atoms. The molecular formula is C22H20N2O6. The number of nitrogens with one attached hydrogen (secondary N) is 2. The first kappa shape index (κ1) is 19.5. The summed E-state index contributed by atoms with van der Waals surface area (Å²) in [6.07, 6.45) is -1.31. The Morgan fingerprint density at radius 1 is 1.17 bits per heavy atom. The molecule has 2 amide bonds. The number of carbonyl (C=O) groups is 3. The van der Waals surface area contributed by atoms with Crippen molar-refractivity contribution in [1.29, 1.82) is 0 Å². The van der Waals surface area contributed by atoms with Crippen LogP contribution in [0.2, 0.25) is 0 Å². The van der Waals surface area contributed by atoms with E-state index in [2.05, 4.69) is 10.6 Å². The number of anilines is 1. The molecule has 154 valence electrons. The average Bonchev–Trinajstić information content (AvgIpc) is 3.17. The summed E-state index contributed by atoms with van der Waals surface area (Å²) in [5, 5.41) is 6.33. The van der Waals surface area contributed by atoms with Crippen LogP contribution in [0.3, 0.4) is 0 Å². The molecule has 0 saturated carbocycles. The Bertz CT molecular complexity index is 1070. The van der Waals surface area contributed by atoms with Crippen molar-refractivity contribution >= 4 is 34.4 Å². The van der Waals surface area contributed by atoms with Gasteiger partial charge in [0.05, 0.1) is 18.2 Å². The molecule has 0 unspecified atom stereocenters. The monoisotopic (exact) mass is 408 g/mol. The summed E-state index contributed by atoms with van der Waals surface area (Å²) < 4.78 is 16.3. The lowest BCUT2D eigenvalue weighted by Crippen LogP contribution is -2.39. The van der Waals surface area contributed by atoms with E-state index >= 15 is 0 Å². The Hall–Kier alpha value is -3.81. The number of rotatable bonds is 6. The van der Waals surface area contributed by atoms with E-state index in [1.165, 1.54) is 0 Å². The van der Waals surface area contributed by atoms with E-state index in [9.17, 15) is 14.4 Å². The summed E-state index contributed by atoms with van der Waals surface area (Å²) in [6, 6.07) is 15.9. The predicted molar refractivity (Wildman–Crippen MR) is 108 cm³/mol. The first-order valence-electron chi connectivity index (χ1n) is 9.49. The molecule has 4 rings (SSSR count). The van der Waals surface area contributed by atoms with Crippen LogP contribution in [0.5, 0.6) is 5.75 Å². The van der Waals surface area contributed by atoms with Gasteiger partial charge in [-0.1, -0.05) is 30.3 Å². The third kappa shape index (κ3) is 4.27. The molecule has 8 nitrogen and oxygen atoms in total. The Morgan fingerprint density at radius 3 is 2.77 bits per heavy atom. The molecule has 0 radical (unpaired) electrons. The molecule has 2 atom stereocenters. The van der Waals surface area contributed by atoms with E-state index in [1.807, 2.05) is 30.3 Å². The minimum Gasteiger partial charge on any atom is -0.478 e. The lowest BCUT2D eigenvalue weighted by Gasteiger charge is -2.25. The average molecular weight is 408 g/mol. The van der Waals surface area contributed by atoms with Gasteiger partial charge in [0.1, 0.15) is 17.1 Å². The maximum absolute atomic E-state index is 12.1. The number of carbonyl (C=O) groups excluding carboxylic acids is 3. The number of benzene rings is 2. The van der Waals surface area contributed by atoms with Crippen molar-refractivity contribution < 1.29 is 28.3 Å². The molecule has 0 bridgehead atoms. The van der Waals surface area contributed by atoms with Gasteiger partial charge in [-0.25, -0.2) is 0 Å². The number of amides is 2. The number of esters is 1. The molecule has 3 aromatic rings. The maximum Gasteiger partial charge on any atom is 0.310 e. The third-order valence-electron chi connectivity index (χ3n) is 4.67. The van der Waals surface area contributed by atoms with Crippen molar-refractivity contribution in [3.05, 3.63) is 60.4 Å². The second-order valence-corrected chi connectivity index (χ2v) is 6.93. The topological polar surface area (TPSA) is 107 Å². The molecular weight excluding hydrogens is 388 g/mol. The number of hydrogen-bond acceptors (Lipinski definition) is 6. The van der Waals surface area contributed by atoms with Crippen molar-refractivity contribution in [2.75, 3.05) is 11.9 Å². The van der Waals surface area contributed by atoms with E-state index in [0.717, 1.165) is 11.0 Å². The number of fused-ring (bicyclic) bond motifs is 2. The lowest BCUT2D eigenvalue weighted by molar-refractivity contribution is -0.151. The Kier molecular flexibility index (Phi) is 5.38. The smallest absolute Gasteiger partial charge is 0.310 e. The van der Waals surface area contributed by atoms with E-state index in [4.69, 9.17) is 13.9 Å². The van der Waals surface area contributed by atoms with Gasteiger partial charge < -0.3 is 24.5 Å². The fraction of sp³-hybridized carbons (Fsp3) is 0.227. The molecule has 2 heterocycles. The van der Waals surface area contributed by atoms with Gasteiger partial charge in [-0.3, -0.25) is 14.4 Å². The predicted octanol–water partition coefficient (Wildman–Crippen LogP) is 2.94.